The summed E-state index contributed by atoms with van der Waals surface area (Å²) in [5.41, 5.74) is 4.39. The van der Waals surface area contributed by atoms with Crippen LogP contribution in [0.25, 0.3) is 5.65 Å². The van der Waals surface area contributed by atoms with E-state index in [1.807, 2.05) is 46.8 Å². The Morgan fingerprint density at radius 2 is 1.97 bits per heavy atom. The Morgan fingerprint density at radius 1 is 1.19 bits per heavy atom. The Morgan fingerprint density at radius 3 is 2.74 bits per heavy atom. The summed E-state index contributed by atoms with van der Waals surface area (Å²) in [6.07, 6.45) is 3.65. The first-order valence-corrected chi connectivity index (χ1v) is 10.8. The second-order valence-electron chi connectivity index (χ2n) is 8.36. The van der Waals surface area contributed by atoms with Gasteiger partial charge in [-0.1, -0.05) is 12.1 Å². The number of methoxy groups -OCH3 is 1. The highest BCUT2D eigenvalue weighted by molar-refractivity contribution is 5.82. The third-order valence-electron chi connectivity index (χ3n) is 6.27. The number of hydrogen-bond acceptors (Lipinski definition) is 6. The lowest BCUT2D eigenvalue weighted by molar-refractivity contribution is -0.135. The molecule has 1 aromatic carbocycles. The van der Waals surface area contributed by atoms with Gasteiger partial charge in [-0.05, 0) is 30.7 Å². The maximum atomic E-state index is 13.0. The fourth-order valence-electron chi connectivity index (χ4n) is 4.54. The van der Waals surface area contributed by atoms with Gasteiger partial charge in [0.15, 0.2) is 5.65 Å². The van der Waals surface area contributed by atoms with Gasteiger partial charge in [0.25, 0.3) is 0 Å². The Bertz CT molecular complexity index is 1090. The second kappa shape index (κ2) is 8.19. The van der Waals surface area contributed by atoms with Crippen molar-refractivity contribution >= 4 is 17.4 Å². The van der Waals surface area contributed by atoms with Crippen molar-refractivity contribution in [1.82, 2.24) is 24.8 Å². The molecule has 0 unspecified atom stereocenters. The quantitative estimate of drug-likeness (QED) is 0.675. The van der Waals surface area contributed by atoms with Crippen molar-refractivity contribution in [2.75, 3.05) is 45.2 Å². The smallest absolute Gasteiger partial charge is 0.229 e. The molecule has 8 heteroatoms. The zero-order valence-electron chi connectivity index (χ0n) is 18.0. The molecule has 1 saturated heterocycles. The number of carbonyl (C=O) groups excluding carboxylic acids is 1. The molecule has 0 bridgehead atoms. The largest absolute Gasteiger partial charge is 0.497 e. The molecule has 2 aliphatic rings. The van der Waals surface area contributed by atoms with E-state index in [4.69, 9.17) is 9.72 Å². The predicted molar refractivity (Wildman–Crippen MR) is 118 cm³/mol. The van der Waals surface area contributed by atoms with Crippen molar-refractivity contribution in [3.8, 4) is 5.75 Å². The molecule has 162 valence electrons. The van der Waals surface area contributed by atoms with E-state index in [1.54, 1.807) is 13.3 Å². The van der Waals surface area contributed by atoms with Crippen LogP contribution in [0.15, 0.2) is 36.5 Å². The Balaban J connectivity index is 1.30. The third kappa shape index (κ3) is 3.72. The van der Waals surface area contributed by atoms with Gasteiger partial charge in [0.05, 0.1) is 24.9 Å². The van der Waals surface area contributed by atoms with Gasteiger partial charge >= 0.3 is 0 Å². The zero-order chi connectivity index (χ0) is 21.4. The Kier molecular flexibility index (Phi) is 5.23. The van der Waals surface area contributed by atoms with E-state index in [-0.39, 0.29) is 11.8 Å². The first-order valence-electron chi connectivity index (χ1n) is 10.8. The number of fused-ring (bicyclic) bond motifs is 2. The average Bonchev–Trinajstić information content (AvgIpc) is 3.09. The van der Waals surface area contributed by atoms with E-state index in [9.17, 15) is 4.79 Å². The number of nitrogens with zero attached hydrogens (tertiary/aromatic N) is 5. The minimum atomic E-state index is 0.00146. The van der Waals surface area contributed by atoms with Crippen molar-refractivity contribution in [2.24, 2.45) is 5.92 Å². The van der Waals surface area contributed by atoms with Crippen LogP contribution in [0.1, 0.15) is 16.8 Å². The van der Waals surface area contributed by atoms with Gasteiger partial charge in [0.1, 0.15) is 11.6 Å². The van der Waals surface area contributed by atoms with Crippen molar-refractivity contribution in [3.05, 3.63) is 53.3 Å². The number of ether oxygens (including phenoxy) is 1. The molecule has 31 heavy (non-hydrogen) atoms. The molecule has 0 saturated carbocycles. The van der Waals surface area contributed by atoms with E-state index < -0.39 is 0 Å². The molecular formula is C23H28N6O2. The van der Waals surface area contributed by atoms with Crippen LogP contribution in [0.5, 0.6) is 5.75 Å². The highest BCUT2D eigenvalue weighted by atomic mass is 16.5. The summed E-state index contributed by atoms with van der Waals surface area (Å²) in [6.45, 7) is 3.91. The van der Waals surface area contributed by atoms with Crippen LogP contribution in [0.2, 0.25) is 0 Å². The topological polar surface area (TPSA) is 75.0 Å². The molecule has 0 atom stereocenters. The number of rotatable bonds is 5. The van der Waals surface area contributed by atoms with E-state index in [1.165, 1.54) is 5.56 Å². The first-order chi connectivity index (χ1) is 15.1. The molecule has 0 aliphatic carbocycles. The number of nitrogens with one attached hydrogen (secondary N) is 1. The summed E-state index contributed by atoms with van der Waals surface area (Å²) in [5.74, 6) is 2.12. The fourth-order valence-corrected chi connectivity index (χ4v) is 4.54. The van der Waals surface area contributed by atoms with Crippen LogP contribution in [-0.2, 0) is 24.2 Å². The molecule has 1 fully saturated rings. The van der Waals surface area contributed by atoms with Crippen LogP contribution in [-0.4, -0.2) is 65.7 Å². The number of anilines is 1. The van der Waals surface area contributed by atoms with E-state index in [2.05, 4.69) is 15.3 Å². The number of benzene rings is 1. The SMILES string of the molecule is COc1ccc(CN(C)C(=O)C2CN(c3c4c(nc5ccnn35)CCNCC4)C2)cc1. The molecule has 2 aromatic heterocycles. The lowest BCUT2D eigenvalue weighted by Crippen LogP contribution is -2.54. The average molecular weight is 421 g/mol. The van der Waals surface area contributed by atoms with Gasteiger partial charge in [-0.3, -0.25) is 4.79 Å². The number of aromatic nitrogens is 3. The standard InChI is InChI=1S/C23H28N6O2/c1-27(13-16-3-5-18(31-2)6-4-16)23(30)17-14-28(15-17)22-19-7-10-24-11-8-20(19)26-21-9-12-25-29(21)22/h3-6,9,12,17,24H,7-8,10-11,13-15H2,1-2H3. The zero-order valence-corrected chi connectivity index (χ0v) is 18.0. The van der Waals surface area contributed by atoms with Gasteiger partial charge in [-0.15, -0.1) is 0 Å². The number of hydrogen-bond donors (Lipinski definition) is 1. The summed E-state index contributed by atoms with van der Waals surface area (Å²) in [7, 11) is 3.53. The minimum Gasteiger partial charge on any atom is -0.497 e. The maximum absolute atomic E-state index is 13.0. The first kappa shape index (κ1) is 19.8. The summed E-state index contributed by atoms with van der Waals surface area (Å²) in [6, 6.07) is 9.82. The summed E-state index contributed by atoms with van der Waals surface area (Å²) >= 11 is 0. The van der Waals surface area contributed by atoms with Crippen molar-refractivity contribution in [1.29, 1.82) is 0 Å². The van der Waals surface area contributed by atoms with Gasteiger partial charge in [-0.2, -0.15) is 9.61 Å². The fraction of sp³-hybridized carbons (Fsp3) is 0.435. The predicted octanol–water partition coefficient (Wildman–Crippen LogP) is 1.52. The molecule has 2 aliphatic heterocycles. The molecular weight excluding hydrogens is 392 g/mol. The van der Waals surface area contributed by atoms with E-state index in [0.717, 1.165) is 54.4 Å². The maximum Gasteiger partial charge on any atom is 0.229 e. The van der Waals surface area contributed by atoms with Crippen LogP contribution in [0.4, 0.5) is 5.82 Å². The van der Waals surface area contributed by atoms with Crippen molar-refractivity contribution < 1.29 is 9.53 Å². The second-order valence-corrected chi connectivity index (χ2v) is 8.36. The molecule has 0 spiro atoms. The minimum absolute atomic E-state index is 0.00146. The summed E-state index contributed by atoms with van der Waals surface area (Å²) < 4.78 is 7.15. The normalized spacial score (nSPS) is 16.5. The van der Waals surface area contributed by atoms with Gasteiger partial charge in [-0.25, -0.2) is 4.98 Å². The van der Waals surface area contributed by atoms with Crippen molar-refractivity contribution in [2.45, 2.75) is 19.4 Å². The van der Waals surface area contributed by atoms with E-state index in [0.29, 0.717) is 19.6 Å². The molecule has 1 N–H and O–H groups in total. The lowest BCUT2D eigenvalue weighted by atomic mass is 9.96. The van der Waals surface area contributed by atoms with E-state index >= 15 is 0 Å². The van der Waals surface area contributed by atoms with Crippen LogP contribution < -0.4 is 15.0 Å². The summed E-state index contributed by atoms with van der Waals surface area (Å²) in [5, 5.41) is 7.98. The summed E-state index contributed by atoms with van der Waals surface area (Å²) in [4.78, 5) is 22.0. The Hall–Kier alpha value is -3.13. The monoisotopic (exact) mass is 420 g/mol. The molecule has 4 heterocycles. The molecule has 0 radical (unpaired) electrons. The van der Waals surface area contributed by atoms with Gasteiger partial charge < -0.3 is 19.9 Å². The Labute approximate surface area is 181 Å². The van der Waals surface area contributed by atoms with Crippen LogP contribution in [0.3, 0.4) is 0 Å². The third-order valence-corrected chi connectivity index (χ3v) is 6.27. The number of amides is 1. The van der Waals surface area contributed by atoms with Gasteiger partial charge in [0, 0.05) is 51.3 Å². The van der Waals surface area contributed by atoms with Gasteiger partial charge in [0.2, 0.25) is 5.91 Å². The molecule has 8 nitrogen and oxygen atoms in total. The molecule has 3 aromatic rings. The highest BCUT2D eigenvalue weighted by Crippen LogP contribution is 2.32. The molecule has 5 rings (SSSR count). The van der Waals surface area contributed by atoms with Crippen LogP contribution >= 0.6 is 0 Å². The highest BCUT2D eigenvalue weighted by Gasteiger charge is 2.37. The van der Waals surface area contributed by atoms with Crippen LogP contribution in [0, 0.1) is 5.92 Å². The number of carbonyl (C=O) groups is 1. The molecule has 1 amide bonds. The lowest BCUT2D eigenvalue weighted by Gasteiger charge is -2.42. The van der Waals surface area contributed by atoms with Crippen molar-refractivity contribution in [3.63, 3.8) is 0 Å².